The maximum absolute atomic E-state index is 10.9. The predicted molar refractivity (Wildman–Crippen MR) is 65.0 cm³/mol. The molecule has 0 bridgehead atoms. The standard InChI is InChI=1S/C12H16ClNO/c1-4-9(2)14(3)12-7-11(13)6-5-10(12)8-15/h5-9H,4H2,1-3H3. The number of hydrogen-bond donors (Lipinski definition) is 0. The first-order valence-electron chi connectivity index (χ1n) is 5.07. The average Bonchev–Trinajstić information content (AvgIpc) is 2.27. The fraction of sp³-hybridized carbons (Fsp3) is 0.417. The van der Waals surface area contributed by atoms with Crippen LogP contribution in [0.15, 0.2) is 18.2 Å². The van der Waals surface area contributed by atoms with Gasteiger partial charge in [0.1, 0.15) is 0 Å². The van der Waals surface area contributed by atoms with Crippen LogP contribution in [0.1, 0.15) is 30.6 Å². The normalized spacial score (nSPS) is 12.3. The third-order valence-corrected chi connectivity index (χ3v) is 2.99. The predicted octanol–water partition coefficient (Wildman–Crippen LogP) is 3.39. The fourth-order valence-corrected chi connectivity index (χ4v) is 1.60. The van der Waals surface area contributed by atoms with E-state index in [0.29, 0.717) is 16.6 Å². The lowest BCUT2D eigenvalue weighted by molar-refractivity contribution is 0.112. The van der Waals surface area contributed by atoms with Crippen LogP contribution in [0, 0.1) is 0 Å². The summed E-state index contributed by atoms with van der Waals surface area (Å²) in [5.41, 5.74) is 1.58. The summed E-state index contributed by atoms with van der Waals surface area (Å²) in [7, 11) is 1.98. The molecular weight excluding hydrogens is 210 g/mol. The summed E-state index contributed by atoms with van der Waals surface area (Å²) < 4.78 is 0. The van der Waals surface area contributed by atoms with E-state index in [1.165, 1.54) is 0 Å². The summed E-state index contributed by atoms with van der Waals surface area (Å²) in [6, 6.07) is 5.71. The maximum Gasteiger partial charge on any atom is 0.152 e. The minimum atomic E-state index is 0.391. The SMILES string of the molecule is CCC(C)N(C)c1cc(Cl)ccc1C=O. The van der Waals surface area contributed by atoms with E-state index >= 15 is 0 Å². The van der Waals surface area contributed by atoms with Gasteiger partial charge >= 0.3 is 0 Å². The van der Waals surface area contributed by atoms with Crippen LogP contribution in [0.4, 0.5) is 5.69 Å². The average molecular weight is 226 g/mol. The zero-order chi connectivity index (χ0) is 11.4. The van der Waals surface area contributed by atoms with Crippen molar-refractivity contribution in [1.29, 1.82) is 0 Å². The summed E-state index contributed by atoms with van der Waals surface area (Å²) in [5, 5.41) is 0.658. The number of anilines is 1. The van der Waals surface area contributed by atoms with Crippen molar-refractivity contribution in [2.45, 2.75) is 26.3 Å². The Balaban J connectivity index is 3.10. The molecule has 1 aromatic carbocycles. The second-order valence-electron chi connectivity index (χ2n) is 3.69. The summed E-state index contributed by atoms with van der Waals surface area (Å²) in [6.45, 7) is 4.24. The molecule has 0 radical (unpaired) electrons. The smallest absolute Gasteiger partial charge is 0.152 e. The van der Waals surface area contributed by atoms with Gasteiger partial charge in [0.15, 0.2) is 6.29 Å². The molecule has 0 fully saturated rings. The van der Waals surface area contributed by atoms with E-state index in [9.17, 15) is 4.79 Å². The number of carbonyl (C=O) groups excluding carboxylic acids is 1. The van der Waals surface area contributed by atoms with Gasteiger partial charge in [-0.15, -0.1) is 0 Å². The quantitative estimate of drug-likeness (QED) is 0.733. The molecule has 0 saturated heterocycles. The molecular formula is C12H16ClNO. The molecule has 0 aliphatic carbocycles. The van der Waals surface area contributed by atoms with Crippen molar-refractivity contribution in [2.24, 2.45) is 0 Å². The van der Waals surface area contributed by atoms with E-state index in [0.717, 1.165) is 18.4 Å². The van der Waals surface area contributed by atoms with Gasteiger partial charge in [0, 0.05) is 29.4 Å². The number of halogens is 1. The van der Waals surface area contributed by atoms with E-state index in [-0.39, 0.29) is 0 Å². The van der Waals surface area contributed by atoms with Gasteiger partial charge in [-0.05, 0) is 31.5 Å². The molecule has 1 aromatic rings. The van der Waals surface area contributed by atoms with E-state index in [1.54, 1.807) is 12.1 Å². The molecule has 0 saturated carbocycles. The van der Waals surface area contributed by atoms with Crippen LogP contribution in [-0.2, 0) is 0 Å². The van der Waals surface area contributed by atoms with Crippen molar-refractivity contribution in [3.05, 3.63) is 28.8 Å². The minimum Gasteiger partial charge on any atom is -0.371 e. The maximum atomic E-state index is 10.9. The van der Waals surface area contributed by atoms with Gasteiger partial charge in [0.05, 0.1) is 0 Å². The lowest BCUT2D eigenvalue weighted by Crippen LogP contribution is -2.28. The topological polar surface area (TPSA) is 20.3 Å². The van der Waals surface area contributed by atoms with Crippen LogP contribution in [0.3, 0.4) is 0 Å². The number of carbonyl (C=O) groups is 1. The molecule has 0 aromatic heterocycles. The highest BCUT2D eigenvalue weighted by Gasteiger charge is 2.12. The van der Waals surface area contributed by atoms with Crippen molar-refractivity contribution in [2.75, 3.05) is 11.9 Å². The van der Waals surface area contributed by atoms with Crippen molar-refractivity contribution in [3.8, 4) is 0 Å². The molecule has 1 atom stereocenters. The Labute approximate surface area is 95.8 Å². The summed E-state index contributed by atoms with van der Waals surface area (Å²) in [6.07, 6.45) is 1.89. The van der Waals surface area contributed by atoms with E-state index in [4.69, 9.17) is 11.6 Å². The first-order chi connectivity index (χ1) is 7.10. The van der Waals surface area contributed by atoms with E-state index in [1.807, 2.05) is 13.1 Å². The number of nitrogens with zero attached hydrogens (tertiary/aromatic N) is 1. The monoisotopic (exact) mass is 225 g/mol. The van der Waals surface area contributed by atoms with Gasteiger partial charge < -0.3 is 4.90 Å². The highest BCUT2D eigenvalue weighted by atomic mass is 35.5. The van der Waals surface area contributed by atoms with Crippen molar-refractivity contribution < 1.29 is 4.79 Å². The van der Waals surface area contributed by atoms with Crippen molar-refractivity contribution in [1.82, 2.24) is 0 Å². The molecule has 0 spiro atoms. The zero-order valence-electron chi connectivity index (χ0n) is 9.33. The van der Waals surface area contributed by atoms with Gasteiger partial charge in [-0.2, -0.15) is 0 Å². The molecule has 2 nitrogen and oxygen atoms in total. The number of benzene rings is 1. The molecule has 0 aliphatic heterocycles. The zero-order valence-corrected chi connectivity index (χ0v) is 10.1. The Kier molecular flexibility index (Phi) is 4.15. The molecule has 1 rings (SSSR count). The third kappa shape index (κ3) is 2.72. The first kappa shape index (κ1) is 12.1. The molecule has 0 heterocycles. The van der Waals surface area contributed by atoms with Crippen LogP contribution in [-0.4, -0.2) is 19.4 Å². The van der Waals surface area contributed by atoms with Gasteiger partial charge in [-0.25, -0.2) is 0 Å². The Morgan fingerprint density at radius 1 is 1.53 bits per heavy atom. The van der Waals surface area contributed by atoms with Crippen LogP contribution < -0.4 is 4.90 Å². The summed E-state index contributed by atoms with van der Waals surface area (Å²) >= 11 is 5.92. The number of rotatable bonds is 4. The Bertz CT molecular complexity index is 351. The Hall–Kier alpha value is -1.02. The summed E-state index contributed by atoms with van der Waals surface area (Å²) in [4.78, 5) is 13.0. The molecule has 3 heteroatoms. The van der Waals surface area contributed by atoms with E-state index < -0.39 is 0 Å². The third-order valence-electron chi connectivity index (χ3n) is 2.75. The lowest BCUT2D eigenvalue weighted by atomic mass is 10.1. The number of hydrogen-bond acceptors (Lipinski definition) is 2. The molecule has 15 heavy (non-hydrogen) atoms. The van der Waals surface area contributed by atoms with E-state index in [2.05, 4.69) is 18.7 Å². The molecule has 0 N–H and O–H groups in total. The van der Waals surface area contributed by atoms with Crippen molar-refractivity contribution >= 4 is 23.6 Å². The summed E-state index contributed by atoms with van der Waals surface area (Å²) in [5.74, 6) is 0. The van der Waals surface area contributed by atoms with Crippen LogP contribution in [0.5, 0.6) is 0 Å². The van der Waals surface area contributed by atoms with Gasteiger partial charge in [-0.3, -0.25) is 4.79 Å². The molecule has 82 valence electrons. The second kappa shape index (κ2) is 5.17. The molecule has 1 unspecified atom stereocenters. The van der Waals surface area contributed by atoms with Crippen molar-refractivity contribution in [3.63, 3.8) is 0 Å². The highest BCUT2D eigenvalue weighted by molar-refractivity contribution is 6.31. The molecule has 0 amide bonds. The molecule has 0 aliphatic rings. The van der Waals surface area contributed by atoms with Gasteiger partial charge in [0.2, 0.25) is 0 Å². The van der Waals surface area contributed by atoms with Crippen LogP contribution in [0.2, 0.25) is 5.02 Å². The fourth-order valence-electron chi connectivity index (χ4n) is 1.43. The minimum absolute atomic E-state index is 0.391. The lowest BCUT2D eigenvalue weighted by Gasteiger charge is -2.27. The van der Waals surface area contributed by atoms with Crippen LogP contribution >= 0.6 is 11.6 Å². The Morgan fingerprint density at radius 3 is 2.73 bits per heavy atom. The highest BCUT2D eigenvalue weighted by Crippen LogP contribution is 2.24. The van der Waals surface area contributed by atoms with Gasteiger partial charge in [0.25, 0.3) is 0 Å². The van der Waals surface area contributed by atoms with Crippen LogP contribution in [0.25, 0.3) is 0 Å². The number of aldehydes is 1. The first-order valence-corrected chi connectivity index (χ1v) is 5.45. The largest absolute Gasteiger partial charge is 0.371 e. The van der Waals surface area contributed by atoms with Gasteiger partial charge in [-0.1, -0.05) is 18.5 Å². The Morgan fingerprint density at radius 2 is 2.20 bits per heavy atom. The second-order valence-corrected chi connectivity index (χ2v) is 4.13.